The minimum absolute atomic E-state index is 0.0642. The molecule has 1 amide bonds. The predicted molar refractivity (Wildman–Crippen MR) is 101 cm³/mol. The molecule has 0 radical (unpaired) electrons. The number of hydrogen-bond donors (Lipinski definition) is 1. The standard InChI is InChI=1S/C19H17ClN4O3/c1-12-10-14(20)8-9-16(12)21-17(25)11-27-19(26)18-13(2)22-24(23-18)15-6-4-3-5-7-15/h3-10H,11H2,1-2H3,(H,21,25). The van der Waals surface area contributed by atoms with E-state index in [0.29, 0.717) is 16.4 Å². The average molecular weight is 385 g/mol. The number of hydrogen-bond acceptors (Lipinski definition) is 5. The minimum atomic E-state index is -0.711. The molecule has 1 N–H and O–H groups in total. The van der Waals surface area contributed by atoms with Crippen LogP contribution in [0.15, 0.2) is 48.5 Å². The van der Waals surface area contributed by atoms with Crippen LogP contribution in [0.1, 0.15) is 21.7 Å². The van der Waals surface area contributed by atoms with Gasteiger partial charge in [0.25, 0.3) is 5.91 Å². The summed E-state index contributed by atoms with van der Waals surface area (Å²) in [6.45, 7) is 3.04. The maximum atomic E-state index is 12.2. The van der Waals surface area contributed by atoms with Gasteiger partial charge in [-0.15, -0.1) is 5.10 Å². The lowest BCUT2D eigenvalue weighted by molar-refractivity contribution is -0.119. The monoisotopic (exact) mass is 384 g/mol. The van der Waals surface area contributed by atoms with E-state index in [1.54, 1.807) is 25.1 Å². The summed E-state index contributed by atoms with van der Waals surface area (Å²) >= 11 is 5.89. The van der Waals surface area contributed by atoms with Crippen LogP contribution in [-0.2, 0) is 9.53 Å². The van der Waals surface area contributed by atoms with Crippen molar-refractivity contribution in [2.45, 2.75) is 13.8 Å². The molecule has 27 heavy (non-hydrogen) atoms. The van der Waals surface area contributed by atoms with Crippen LogP contribution in [0.3, 0.4) is 0 Å². The van der Waals surface area contributed by atoms with Crippen LogP contribution in [-0.4, -0.2) is 33.5 Å². The molecule has 3 rings (SSSR count). The number of aromatic nitrogens is 3. The van der Waals surface area contributed by atoms with Crippen molar-refractivity contribution >= 4 is 29.2 Å². The summed E-state index contributed by atoms with van der Waals surface area (Å²) in [6, 6.07) is 14.3. The van der Waals surface area contributed by atoms with Crippen molar-refractivity contribution < 1.29 is 14.3 Å². The van der Waals surface area contributed by atoms with Gasteiger partial charge in [0.05, 0.1) is 11.4 Å². The molecule has 8 heteroatoms. The van der Waals surface area contributed by atoms with Gasteiger partial charge >= 0.3 is 5.97 Å². The number of esters is 1. The van der Waals surface area contributed by atoms with Crippen LogP contribution in [0, 0.1) is 13.8 Å². The number of nitrogens with zero attached hydrogens (tertiary/aromatic N) is 3. The minimum Gasteiger partial charge on any atom is -0.451 e. The summed E-state index contributed by atoms with van der Waals surface area (Å²) in [7, 11) is 0. The zero-order valence-electron chi connectivity index (χ0n) is 14.8. The van der Waals surface area contributed by atoms with Crippen molar-refractivity contribution in [1.29, 1.82) is 0 Å². The van der Waals surface area contributed by atoms with E-state index in [-0.39, 0.29) is 5.69 Å². The fourth-order valence-electron chi connectivity index (χ4n) is 2.40. The highest BCUT2D eigenvalue weighted by Gasteiger charge is 2.19. The fourth-order valence-corrected chi connectivity index (χ4v) is 2.62. The lowest BCUT2D eigenvalue weighted by Crippen LogP contribution is -2.21. The van der Waals surface area contributed by atoms with Crippen LogP contribution in [0.5, 0.6) is 0 Å². The molecule has 3 aromatic rings. The molecule has 1 heterocycles. The molecule has 7 nitrogen and oxygen atoms in total. The number of rotatable bonds is 5. The first-order valence-electron chi connectivity index (χ1n) is 8.16. The van der Waals surface area contributed by atoms with Gasteiger partial charge in [0, 0.05) is 10.7 Å². The molecular weight excluding hydrogens is 368 g/mol. The van der Waals surface area contributed by atoms with E-state index in [0.717, 1.165) is 11.3 Å². The summed E-state index contributed by atoms with van der Waals surface area (Å²) in [5.74, 6) is -1.17. The number of amides is 1. The molecule has 138 valence electrons. The van der Waals surface area contributed by atoms with Crippen molar-refractivity contribution in [3.05, 3.63) is 70.5 Å². The van der Waals surface area contributed by atoms with Crippen molar-refractivity contribution in [3.63, 3.8) is 0 Å². The van der Waals surface area contributed by atoms with Gasteiger partial charge in [-0.1, -0.05) is 29.8 Å². The highest BCUT2D eigenvalue weighted by atomic mass is 35.5. The van der Waals surface area contributed by atoms with Gasteiger partial charge in [-0.3, -0.25) is 4.79 Å². The Hall–Kier alpha value is -3.19. The van der Waals surface area contributed by atoms with Gasteiger partial charge in [-0.25, -0.2) is 4.79 Å². The summed E-state index contributed by atoms with van der Waals surface area (Å²) in [6.07, 6.45) is 0. The maximum absolute atomic E-state index is 12.2. The Kier molecular flexibility index (Phi) is 5.52. The van der Waals surface area contributed by atoms with Crippen molar-refractivity contribution in [1.82, 2.24) is 15.0 Å². The van der Waals surface area contributed by atoms with Crippen molar-refractivity contribution in [3.8, 4) is 5.69 Å². The summed E-state index contributed by atoms with van der Waals surface area (Å²) in [5.41, 5.74) is 2.61. The number of halogens is 1. The van der Waals surface area contributed by atoms with E-state index in [4.69, 9.17) is 16.3 Å². The zero-order valence-corrected chi connectivity index (χ0v) is 15.5. The molecular formula is C19H17ClN4O3. The third-order valence-corrected chi connectivity index (χ3v) is 3.99. The molecule has 0 bridgehead atoms. The van der Waals surface area contributed by atoms with Gasteiger partial charge in [-0.05, 0) is 49.7 Å². The molecule has 1 aromatic heterocycles. The Morgan fingerprint density at radius 2 is 1.85 bits per heavy atom. The lowest BCUT2D eigenvalue weighted by atomic mass is 10.2. The molecule has 0 aliphatic carbocycles. The molecule has 0 aliphatic rings. The Balaban J connectivity index is 1.62. The number of aryl methyl sites for hydroxylation is 2. The third-order valence-electron chi connectivity index (χ3n) is 3.76. The van der Waals surface area contributed by atoms with Crippen LogP contribution in [0.25, 0.3) is 5.69 Å². The van der Waals surface area contributed by atoms with Crippen LogP contribution in [0.2, 0.25) is 5.02 Å². The Morgan fingerprint density at radius 1 is 1.11 bits per heavy atom. The fraction of sp³-hybridized carbons (Fsp3) is 0.158. The zero-order chi connectivity index (χ0) is 19.4. The number of benzene rings is 2. The second kappa shape index (κ2) is 8.01. The number of anilines is 1. The molecule has 0 saturated heterocycles. The first kappa shape index (κ1) is 18.6. The Morgan fingerprint density at radius 3 is 2.56 bits per heavy atom. The van der Waals surface area contributed by atoms with Crippen LogP contribution in [0.4, 0.5) is 5.69 Å². The Bertz CT molecular complexity index is 986. The lowest BCUT2D eigenvalue weighted by Gasteiger charge is -2.08. The van der Waals surface area contributed by atoms with Gasteiger partial charge in [-0.2, -0.15) is 9.90 Å². The normalized spacial score (nSPS) is 10.5. The quantitative estimate of drug-likeness (QED) is 0.682. The van der Waals surface area contributed by atoms with Gasteiger partial charge in [0.1, 0.15) is 0 Å². The molecule has 0 atom stereocenters. The second-order valence-corrected chi connectivity index (χ2v) is 6.28. The smallest absolute Gasteiger partial charge is 0.361 e. The van der Waals surface area contributed by atoms with Gasteiger partial charge < -0.3 is 10.1 Å². The van der Waals surface area contributed by atoms with Gasteiger partial charge in [0.15, 0.2) is 12.3 Å². The molecule has 0 fully saturated rings. The molecule has 0 aliphatic heterocycles. The molecule has 0 saturated carbocycles. The first-order valence-corrected chi connectivity index (χ1v) is 8.54. The van der Waals surface area contributed by atoms with E-state index in [9.17, 15) is 9.59 Å². The van der Waals surface area contributed by atoms with Crippen LogP contribution < -0.4 is 5.32 Å². The topological polar surface area (TPSA) is 86.1 Å². The van der Waals surface area contributed by atoms with Crippen LogP contribution >= 0.6 is 11.6 Å². The number of para-hydroxylation sites is 1. The van der Waals surface area contributed by atoms with E-state index < -0.39 is 18.5 Å². The highest BCUT2D eigenvalue weighted by molar-refractivity contribution is 6.30. The first-order chi connectivity index (χ1) is 12.9. The SMILES string of the molecule is Cc1cc(Cl)ccc1NC(=O)COC(=O)c1nn(-c2ccccc2)nc1C. The number of ether oxygens (including phenoxy) is 1. The highest BCUT2D eigenvalue weighted by Crippen LogP contribution is 2.19. The second-order valence-electron chi connectivity index (χ2n) is 5.84. The summed E-state index contributed by atoms with van der Waals surface area (Å²) in [5, 5.41) is 11.6. The number of nitrogens with one attached hydrogen (secondary N) is 1. The summed E-state index contributed by atoms with van der Waals surface area (Å²) < 4.78 is 5.06. The number of carbonyl (C=O) groups excluding carboxylic acids is 2. The molecule has 2 aromatic carbocycles. The molecule has 0 spiro atoms. The predicted octanol–water partition coefficient (Wildman–Crippen LogP) is 3.33. The van der Waals surface area contributed by atoms with E-state index >= 15 is 0 Å². The van der Waals surface area contributed by atoms with Crippen molar-refractivity contribution in [2.75, 3.05) is 11.9 Å². The largest absolute Gasteiger partial charge is 0.451 e. The van der Waals surface area contributed by atoms with E-state index in [1.807, 2.05) is 37.3 Å². The van der Waals surface area contributed by atoms with Crippen molar-refractivity contribution in [2.24, 2.45) is 0 Å². The number of carbonyl (C=O) groups is 2. The summed E-state index contributed by atoms with van der Waals surface area (Å²) in [4.78, 5) is 25.6. The van der Waals surface area contributed by atoms with E-state index in [1.165, 1.54) is 4.80 Å². The Labute approximate surface area is 160 Å². The third kappa shape index (κ3) is 4.51. The van der Waals surface area contributed by atoms with Gasteiger partial charge in [0.2, 0.25) is 0 Å². The molecule has 0 unspecified atom stereocenters. The van der Waals surface area contributed by atoms with E-state index in [2.05, 4.69) is 15.5 Å². The average Bonchev–Trinajstić information content (AvgIpc) is 3.05. The maximum Gasteiger partial charge on any atom is 0.361 e.